The van der Waals surface area contributed by atoms with Crippen molar-refractivity contribution in [2.24, 2.45) is 10.2 Å². The zero-order chi connectivity index (χ0) is 9.28. The lowest BCUT2D eigenvalue weighted by molar-refractivity contribution is -0.432. The number of rotatable bonds is 1. The molecule has 4 aliphatic heterocycles. The average molecular weight is 197 g/mol. The van der Waals surface area contributed by atoms with Crippen LogP contribution in [-0.2, 0) is 14.2 Å². The van der Waals surface area contributed by atoms with E-state index in [0.717, 1.165) is 0 Å². The maximum absolute atomic E-state index is 5.60. The molecule has 4 heterocycles. The Hall–Kier alpha value is -0.560. The third-order valence-corrected chi connectivity index (χ3v) is 3.53. The zero-order valence-electron chi connectivity index (χ0n) is 7.66. The van der Waals surface area contributed by atoms with E-state index in [0.29, 0.717) is 0 Å². The molecule has 0 radical (unpaired) electrons. The number of hydrogen-bond donors (Lipinski definition) is 1. The van der Waals surface area contributed by atoms with Crippen LogP contribution in [0.25, 0.3) is 0 Å². The standard InChI is InChI=1S/C8H11N3O3/c1-9-2-5-3-7-4(11-10-3)6(2)13-8(12-5)14-7/h2-9H,1H3/t2?,3-,4+,5?,6?,7?,8?. The summed E-state index contributed by atoms with van der Waals surface area (Å²) in [6, 6.07) is 0.319. The molecule has 1 saturated carbocycles. The van der Waals surface area contributed by atoms with Gasteiger partial charge in [0.2, 0.25) is 0 Å². The first-order chi connectivity index (χ1) is 6.88. The van der Waals surface area contributed by atoms with Crippen molar-refractivity contribution in [3.63, 3.8) is 0 Å². The van der Waals surface area contributed by atoms with Crippen molar-refractivity contribution in [2.45, 2.75) is 42.9 Å². The summed E-state index contributed by atoms with van der Waals surface area (Å²) in [7, 11) is 1.92. The lowest BCUT2D eigenvalue weighted by Gasteiger charge is -2.54. The molecule has 4 fully saturated rings. The summed E-state index contributed by atoms with van der Waals surface area (Å²) >= 11 is 0. The van der Waals surface area contributed by atoms with Crippen LogP contribution in [0.2, 0.25) is 0 Å². The summed E-state index contributed by atoms with van der Waals surface area (Å²) in [4.78, 5) is 0. The third kappa shape index (κ3) is 0.692. The fourth-order valence-electron chi connectivity index (χ4n) is 2.91. The van der Waals surface area contributed by atoms with Crippen molar-refractivity contribution in [3.05, 3.63) is 0 Å². The van der Waals surface area contributed by atoms with Crippen LogP contribution in [0.1, 0.15) is 0 Å². The topological polar surface area (TPSA) is 64.4 Å². The Labute approximate surface area is 80.6 Å². The molecule has 5 rings (SSSR count). The second kappa shape index (κ2) is 2.33. The van der Waals surface area contributed by atoms with Gasteiger partial charge in [0.25, 0.3) is 6.48 Å². The first-order valence-electron chi connectivity index (χ1n) is 4.92. The van der Waals surface area contributed by atoms with Crippen LogP contribution in [0, 0.1) is 0 Å². The normalized spacial score (nSPS) is 62.5. The maximum atomic E-state index is 5.60. The van der Waals surface area contributed by atoms with Crippen molar-refractivity contribution in [3.8, 4) is 0 Å². The van der Waals surface area contributed by atoms with Gasteiger partial charge in [0.1, 0.15) is 30.4 Å². The highest BCUT2D eigenvalue weighted by Gasteiger charge is 2.64. The molecule has 0 aromatic rings. The predicted octanol–water partition coefficient (Wildman–Crippen LogP) is -0.743. The summed E-state index contributed by atoms with van der Waals surface area (Å²) in [6.45, 7) is -0.490. The Kier molecular flexibility index (Phi) is 1.28. The first-order valence-corrected chi connectivity index (χ1v) is 4.92. The Morgan fingerprint density at radius 1 is 0.929 bits per heavy atom. The van der Waals surface area contributed by atoms with Gasteiger partial charge in [0, 0.05) is 0 Å². The summed E-state index contributed by atoms with van der Waals surface area (Å²) in [5.41, 5.74) is 0. The number of nitrogens with one attached hydrogen (secondary N) is 1. The molecular formula is C8H11N3O3. The fourth-order valence-corrected chi connectivity index (χ4v) is 2.91. The zero-order valence-corrected chi connectivity index (χ0v) is 7.66. The van der Waals surface area contributed by atoms with Gasteiger partial charge < -0.3 is 19.5 Å². The minimum absolute atomic E-state index is 0.0602. The van der Waals surface area contributed by atoms with Gasteiger partial charge in [-0.25, -0.2) is 0 Å². The van der Waals surface area contributed by atoms with E-state index in [9.17, 15) is 0 Å². The quantitative estimate of drug-likeness (QED) is 0.601. The van der Waals surface area contributed by atoms with Gasteiger partial charge in [0.15, 0.2) is 0 Å². The van der Waals surface area contributed by atoms with Crippen LogP contribution in [0.3, 0.4) is 0 Å². The van der Waals surface area contributed by atoms with Gasteiger partial charge in [-0.3, -0.25) is 0 Å². The molecule has 1 N–H and O–H groups in total. The van der Waals surface area contributed by atoms with Gasteiger partial charge in [-0.2, -0.15) is 10.2 Å². The minimum Gasteiger partial charge on any atom is -0.322 e. The first kappa shape index (κ1) is 7.70. The van der Waals surface area contributed by atoms with E-state index in [4.69, 9.17) is 14.2 Å². The van der Waals surface area contributed by atoms with E-state index in [1.165, 1.54) is 0 Å². The number of azo groups is 1. The SMILES string of the molecule is CNC1C2OC3OC1[C@@H]1N=N[C@H]2C1O3. The highest BCUT2D eigenvalue weighted by Crippen LogP contribution is 2.45. The van der Waals surface area contributed by atoms with Crippen molar-refractivity contribution in [2.75, 3.05) is 7.05 Å². The van der Waals surface area contributed by atoms with Crippen LogP contribution in [-0.4, -0.2) is 50.0 Å². The lowest BCUT2D eigenvalue weighted by Crippen LogP contribution is -2.74. The second-order valence-electron chi connectivity index (χ2n) is 4.12. The van der Waals surface area contributed by atoms with Crippen LogP contribution in [0.15, 0.2) is 10.2 Å². The molecule has 3 saturated heterocycles. The Bertz CT molecular complexity index is 286. The minimum atomic E-state index is -0.490. The largest absolute Gasteiger partial charge is 0.322 e. The van der Waals surface area contributed by atoms with Crippen molar-refractivity contribution < 1.29 is 14.2 Å². The molecule has 14 heavy (non-hydrogen) atoms. The molecule has 0 aromatic carbocycles. The van der Waals surface area contributed by atoms with E-state index >= 15 is 0 Å². The van der Waals surface area contributed by atoms with E-state index in [2.05, 4.69) is 15.5 Å². The van der Waals surface area contributed by atoms with E-state index in [1.807, 2.05) is 7.05 Å². The van der Waals surface area contributed by atoms with E-state index in [1.54, 1.807) is 0 Å². The molecule has 5 aliphatic rings. The second-order valence-corrected chi connectivity index (χ2v) is 4.12. The maximum Gasteiger partial charge on any atom is 0.272 e. The average Bonchev–Trinajstić information content (AvgIpc) is 2.58. The highest BCUT2D eigenvalue weighted by molar-refractivity contribution is 5.15. The molecule has 6 heteroatoms. The van der Waals surface area contributed by atoms with Gasteiger partial charge in [0.05, 0.1) is 6.04 Å². The predicted molar refractivity (Wildman–Crippen MR) is 43.7 cm³/mol. The molecule has 76 valence electrons. The molecule has 0 spiro atoms. The van der Waals surface area contributed by atoms with Gasteiger partial charge in [-0.05, 0) is 7.05 Å². The Morgan fingerprint density at radius 2 is 1.50 bits per heavy atom. The lowest BCUT2D eigenvalue weighted by atomic mass is 9.80. The molecule has 6 bridgehead atoms. The molecule has 7 atom stereocenters. The summed E-state index contributed by atoms with van der Waals surface area (Å²) < 4.78 is 16.7. The molecule has 0 aromatic heterocycles. The van der Waals surface area contributed by atoms with Gasteiger partial charge in [-0.1, -0.05) is 0 Å². The van der Waals surface area contributed by atoms with Gasteiger partial charge in [-0.15, -0.1) is 0 Å². The number of likely N-dealkylation sites (N-methyl/N-ethyl adjacent to an activating group) is 1. The van der Waals surface area contributed by atoms with Crippen LogP contribution in [0.5, 0.6) is 0 Å². The van der Waals surface area contributed by atoms with Crippen molar-refractivity contribution >= 4 is 0 Å². The number of hydrogen-bond acceptors (Lipinski definition) is 6. The van der Waals surface area contributed by atoms with Crippen molar-refractivity contribution in [1.29, 1.82) is 0 Å². The summed E-state index contributed by atoms with van der Waals surface area (Å²) in [5, 5.41) is 11.6. The monoisotopic (exact) mass is 197 g/mol. The fraction of sp³-hybridized carbons (Fsp3) is 1.00. The molecule has 6 nitrogen and oxygen atoms in total. The van der Waals surface area contributed by atoms with Gasteiger partial charge >= 0.3 is 0 Å². The van der Waals surface area contributed by atoms with E-state index < -0.39 is 6.48 Å². The van der Waals surface area contributed by atoms with E-state index in [-0.39, 0.29) is 36.4 Å². The summed E-state index contributed by atoms with van der Waals surface area (Å²) in [6.07, 6.45) is 0.206. The van der Waals surface area contributed by atoms with Crippen LogP contribution < -0.4 is 5.32 Å². The molecular weight excluding hydrogens is 186 g/mol. The highest BCUT2D eigenvalue weighted by atomic mass is 16.9. The van der Waals surface area contributed by atoms with Crippen LogP contribution in [0.4, 0.5) is 0 Å². The Balaban J connectivity index is 1.81. The number of nitrogens with zero attached hydrogens (tertiary/aromatic N) is 2. The van der Waals surface area contributed by atoms with Crippen molar-refractivity contribution in [1.82, 2.24) is 5.32 Å². The smallest absolute Gasteiger partial charge is 0.272 e. The Morgan fingerprint density at radius 3 is 2.07 bits per heavy atom. The van der Waals surface area contributed by atoms with Crippen LogP contribution >= 0.6 is 0 Å². The third-order valence-electron chi connectivity index (χ3n) is 3.53. The molecule has 1 aliphatic carbocycles. The summed E-state index contributed by atoms with van der Waals surface area (Å²) in [5.74, 6) is 0. The molecule has 0 amide bonds. The number of ether oxygens (including phenoxy) is 3. The molecule has 5 unspecified atom stereocenters.